The van der Waals surface area contributed by atoms with Crippen LogP contribution in [0, 0.1) is 18.7 Å². The van der Waals surface area contributed by atoms with Crippen molar-refractivity contribution >= 4 is 38.4 Å². The Morgan fingerprint density at radius 1 is 1.48 bits per heavy atom. The van der Waals surface area contributed by atoms with Crippen molar-refractivity contribution in [3.63, 3.8) is 0 Å². The van der Waals surface area contributed by atoms with E-state index in [9.17, 15) is 12.8 Å². The third-order valence-electron chi connectivity index (χ3n) is 3.51. The highest BCUT2D eigenvalue weighted by atomic mass is 79.9. The summed E-state index contributed by atoms with van der Waals surface area (Å²) in [7, 11) is -3.59. The predicted octanol–water partition coefficient (Wildman–Crippen LogP) is 2.60. The van der Waals surface area contributed by atoms with Gasteiger partial charge in [-0.3, -0.25) is 0 Å². The van der Waals surface area contributed by atoms with Crippen LogP contribution in [0.5, 0.6) is 0 Å². The van der Waals surface area contributed by atoms with Crippen molar-refractivity contribution in [3.05, 3.63) is 28.0 Å². The van der Waals surface area contributed by atoms with E-state index >= 15 is 0 Å². The molecule has 1 unspecified atom stereocenters. The van der Waals surface area contributed by atoms with Crippen molar-refractivity contribution < 1.29 is 12.8 Å². The molecule has 1 aliphatic rings. The highest BCUT2D eigenvalue weighted by Crippen LogP contribution is 2.24. The Morgan fingerprint density at radius 3 is 2.81 bits per heavy atom. The van der Waals surface area contributed by atoms with Gasteiger partial charge in [0.15, 0.2) is 0 Å². The third kappa shape index (κ3) is 4.89. The van der Waals surface area contributed by atoms with E-state index in [0.29, 0.717) is 18.0 Å². The molecule has 120 valence electrons. The van der Waals surface area contributed by atoms with Crippen LogP contribution in [-0.4, -0.2) is 28.1 Å². The lowest BCUT2D eigenvalue weighted by atomic mass is 10.1. The lowest BCUT2D eigenvalue weighted by Gasteiger charge is -2.12. The molecule has 1 aromatic carbocycles. The molecular weight excluding hydrogens is 383 g/mol. The van der Waals surface area contributed by atoms with Crippen molar-refractivity contribution in [2.24, 2.45) is 5.92 Å². The molecule has 1 fully saturated rings. The van der Waals surface area contributed by atoms with Crippen molar-refractivity contribution in [1.29, 1.82) is 0 Å². The first-order valence-electron chi connectivity index (χ1n) is 6.56. The molecule has 0 aliphatic carbocycles. The summed E-state index contributed by atoms with van der Waals surface area (Å²) in [6, 6.07) is 2.53. The van der Waals surface area contributed by atoms with Crippen LogP contribution < -0.4 is 10.0 Å². The molecule has 1 heterocycles. The predicted molar refractivity (Wildman–Crippen MR) is 86.9 cm³/mol. The largest absolute Gasteiger partial charge is 0.316 e. The summed E-state index contributed by atoms with van der Waals surface area (Å²) < 4.78 is 40.5. The SMILES string of the molecule is Cc1cc(F)c(Br)cc1S(=O)(=O)NCCC1CCNC1.Cl. The highest BCUT2D eigenvalue weighted by Gasteiger charge is 2.20. The Bertz CT molecular complexity index is 592. The van der Waals surface area contributed by atoms with E-state index in [2.05, 4.69) is 26.0 Å². The van der Waals surface area contributed by atoms with Crippen molar-refractivity contribution in [1.82, 2.24) is 10.0 Å². The normalized spacial score (nSPS) is 18.5. The zero-order valence-electron chi connectivity index (χ0n) is 11.7. The number of aryl methyl sites for hydroxylation is 1. The van der Waals surface area contributed by atoms with E-state index in [0.717, 1.165) is 25.9 Å². The van der Waals surface area contributed by atoms with E-state index in [-0.39, 0.29) is 21.8 Å². The molecule has 8 heteroatoms. The fourth-order valence-corrected chi connectivity index (χ4v) is 4.15. The van der Waals surface area contributed by atoms with Crippen LogP contribution in [0.15, 0.2) is 21.5 Å². The van der Waals surface area contributed by atoms with Gasteiger partial charge in [0.05, 0.1) is 9.37 Å². The number of rotatable bonds is 5. The maximum Gasteiger partial charge on any atom is 0.240 e. The molecule has 4 nitrogen and oxygen atoms in total. The summed E-state index contributed by atoms with van der Waals surface area (Å²) in [5.74, 6) is 0.0669. The number of sulfonamides is 1. The summed E-state index contributed by atoms with van der Waals surface area (Å²) in [5.41, 5.74) is 0.403. The minimum absolute atomic E-state index is 0. The van der Waals surface area contributed by atoms with Gasteiger partial charge in [0.2, 0.25) is 10.0 Å². The minimum atomic E-state index is -3.59. The Hall–Kier alpha value is -0.210. The number of nitrogens with one attached hydrogen (secondary N) is 2. The van der Waals surface area contributed by atoms with Gasteiger partial charge in [-0.05, 0) is 72.4 Å². The number of benzene rings is 1. The van der Waals surface area contributed by atoms with Gasteiger partial charge in [0.25, 0.3) is 0 Å². The molecule has 21 heavy (non-hydrogen) atoms. The topological polar surface area (TPSA) is 58.2 Å². The number of hydrogen-bond donors (Lipinski definition) is 2. The molecular formula is C13H19BrClFN2O2S. The second-order valence-corrected chi connectivity index (χ2v) is 7.67. The fourth-order valence-electron chi connectivity index (χ4n) is 2.35. The number of hydrogen-bond acceptors (Lipinski definition) is 3. The Balaban J connectivity index is 0.00000220. The fraction of sp³-hybridized carbons (Fsp3) is 0.538. The molecule has 0 radical (unpaired) electrons. The van der Waals surface area contributed by atoms with Crippen LogP contribution in [0.4, 0.5) is 4.39 Å². The van der Waals surface area contributed by atoms with Gasteiger partial charge in [-0.2, -0.15) is 0 Å². The van der Waals surface area contributed by atoms with Crippen LogP contribution in [0.25, 0.3) is 0 Å². The second-order valence-electron chi connectivity index (χ2n) is 5.08. The van der Waals surface area contributed by atoms with E-state index < -0.39 is 15.8 Å². The molecule has 0 bridgehead atoms. The van der Waals surface area contributed by atoms with Gasteiger partial charge in [-0.25, -0.2) is 17.5 Å². The summed E-state index contributed by atoms with van der Waals surface area (Å²) in [5, 5.41) is 3.25. The zero-order valence-corrected chi connectivity index (χ0v) is 14.9. The third-order valence-corrected chi connectivity index (χ3v) is 5.73. The second kappa shape index (κ2) is 7.87. The minimum Gasteiger partial charge on any atom is -0.316 e. The molecule has 1 aliphatic heterocycles. The number of halogens is 3. The summed E-state index contributed by atoms with van der Waals surface area (Å²) >= 11 is 3.02. The van der Waals surface area contributed by atoms with Crippen LogP contribution in [0.1, 0.15) is 18.4 Å². The molecule has 0 amide bonds. The molecule has 1 saturated heterocycles. The first-order chi connectivity index (χ1) is 9.40. The smallest absolute Gasteiger partial charge is 0.240 e. The monoisotopic (exact) mass is 400 g/mol. The maximum absolute atomic E-state index is 13.3. The van der Waals surface area contributed by atoms with E-state index in [1.54, 1.807) is 6.92 Å². The van der Waals surface area contributed by atoms with Crippen LogP contribution in [0.2, 0.25) is 0 Å². The lowest BCUT2D eigenvalue weighted by molar-refractivity contribution is 0.519. The highest BCUT2D eigenvalue weighted by molar-refractivity contribution is 9.10. The molecule has 1 atom stereocenters. The van der Waals surface area contributed by atoms with Gasteiger partial charge in [0.1, 0.15) is 5.82 Å². The van der Waals surface area contributed by atoms with Crippen molar-refractivity contribution in [3.8, 4) is 0 Å². The van der Waals surface area contributed by atoms with Crippen LogP contribution in [-0.2, 0) is 10.0 Å². The van der Waals surface area contributed by atoms with Crippen molar-refractivity contribution in [2.45, 2.75) is 24.7 Å². The quantitative estimate of drug-likeness (QED) is 0.797. The van der Waals surface area contributed by atoms with Crippen LogP contribution >= 0.6 is 28.3 Å². The Labute approximate surface area is 139 Å². The molecule has 0 aromatic heterocycles. The average molecular weight is 402 g/mol. The molecule has 2 rings (SSSR count). The van der Waals surface area contributed by atoms with Gasteiger partial charge < -0.3 is 5.32 Å². The lowest BCUT2D eigenvalue weighted by Crippen LogP contribution is -2.27. The summed E-state index contributed by atoms with van der Waals surface area (Å²) in [4.78, 5) is 0.121. The van der Waals surface area contributed by atoms with E-state index in [4.69, 9.17) is 0 Å². The standard InChI is InChI=1S/C13H18BrFN2O2S.ClH/c1-9-6-12(15)11(14)7-13(9)20(18,19)17-5-3-10-2-4-16-8-10;/h6-7,10,16-17H,2-5,8H2,1H3;1H. The van der Waals surface area contributed by atoms with Gasteiger partial charge in [-0.1, -0.05) is 0 Å². The first-order valence-corrected chi connectivity index (χ1v) is 8.84. The molecule has 0 saturated carbocycles. The van der Waals surface area contributed by atoms with Gasteiger partial charge >= 0.3 is 0 Å². The van der Waals surface area contributed by atoms with E-state index in [1.165, 1.54) is 12.1 Å². The van der Waals surface area contributed by atoms with Crippen molar-refractivity contribution in [2.75, 3.05) is 19.6 Å². The first kappa shape index (κ1) is 18.8. The molecule has 2 N–H and O–H groups in total. The summed E-state index contributed by atoms with van der Waals surface area (Å²) in [6.07, 6.45) is 1.90. The van der Waals surface area contributed by atoms with Gasteiger partial charge in [0, 0.05) is 6.54 Å². The van der Waals surface area contributed by atoms with Crippen LogP contribution in [0.3, 0.4) is 0 Å². The Kier molecular flexibility index (Phi) is 7.06. The Morgan fingerprint density at radius 2 is 2.19 bits per heavy atom. The van der Waals surface area contributed by atoms with Gasteiger partial charge in [-0.15, -0.1) is 12.4 Å². The summed E-state index contributed by atoms with van der Waals surface area (Å²) in [6.45, 7) is 3.94. The average Bonchev–Trinajstić information content (AvgIpc) is 2.86. The zero-order chi connectivity index (χ0) is 14.8. The maximum atomic E-state index is 13.3. The molecule has 1 aromatic rings. The molecule has 0 spiro atoms. The van der Waals surface area contributed by atoms with E-state index in [1.807, 2.05) is 0 Å².